The van der Waals surface area contributed by atoms with Crippen LogP contribution in [-0.2, 0) is 6.54 Å². The molecule has 0 N–H and O–H groups in total. The predicted octanol–water partition coefficient (Wildman–Crippen LogP) is 3.21. The van der Waals surface area contributed by atoms with E-state index in [9.17, 15) is 32.9 Å². The highest BCUT2D eigenvalue weighted by atomic mass is 19.4. The third kappa shape index (κ3) is 4.01. The smallest absolute Gasteiger partial charge is 0.272 e. The second-order valence-corrected chi connectivity index (χ2v) is 6.22. The van der Waals surface area contributed by atoms with Gasteiger partial charge in [0.15, 0.2) is 0 Å². The highest BCUT2D eigenvalue weighted by molar-refractivity contribution is 6.23. The number of hydrogen-bond acceptors (Lipinski definition) is 5. The molecule has 2 amide bonds. The maximum Gasteiger partial charge on any atom is 0.401 e. The van der Waals surface area contributed by atoms with E-state index in [0.29, 0.717) is 10.5 Å². The van der Waals surface area contributed by atoms with Gasteiger partial charge >= 0.3 is 6.18 Å². The second-order valence-electron chi connectivity index (χ2n) is 6.22. The zero-order chi connectivity index (χ0) is 20.5. The number of nitro benzene ring substituents is 1. The molecular formula is C18H14F3N3O4. The number of carbonyl (C=O) groups excluding carboxylic acids is 2. The van der Waals surface area contributed by atoms with Gasteiger partial charge in [0.25, 0.3) is 17.5 Å². The molecule has 0 fully saturated rings. The molecule has 7 nitrogen and oxygen atoms in total. The number of halogens is 3. The Morgan fingerprint density at radius 2 is 1.68 bits per heavy atom. The van der Waals surface area contributed by atoms with Gasteiger partial charge in [-0.2, -0.15) is 13.2 Å². The summed E-state index contributed by atoms with van der Waals surface area (Å²) in [6, 6.07) is 11.8. The molecule has 0 saturated carbocycles. The molecule has 3 rings (SSSR count). The van der Waals surface area contributed by atoms with Crippen molar-refractivity contribution in [3.8, 4) is 0 Å². The Morgan fingerprint density at radius 3 is 2.29 bits per heavy atom. The van der Waals surface area contributed by atoms with Crippen LogP contribution in [0.2, 0.25) is 0 Å². The predicted molar refractivity (Wildman–Crippen MR) is 91.4 cm³/mol. The summed E-state index contributed by atoms with van der Waals surface area (Å²) in [5, 5.41) is 11.1. The SMILES string of the molecule is O=C1c2cccc([N+](=O)[O-])c2C(=O)N1CN(Cc1ccccc1)CC(F)(F)F. The summed E-state index contributed by atoms with van der Waals surface area (Å²) in [7, 11) is 0. The van der Waals surface area contributed by atoms with Crippen LogP contribution in [0.4, 0.5) is 18.9 Å². The fourth-order valence-electron chi connectivity index (χ4n) is 3.05. The molecule has 0 saturated heterocycles. The van der Waals surface area contributed by atoms with Crippen LogP contribution in [0.1, 0.15) is 26.3 Å². The van der Waals surface area contributed by atoms with Crippen LogP contribution in [-0.4, -0.2) is 45.9 Å². The van der Waals surface area contributed by atoms with Crippen LogP contribution < -0.4 is 0 Å². The summed E-state index contributed by atoms with van der Waals surface area (Å²) >= 11 is 0. The molecule has 2 aromatic rings. The Labute approximate surface area is 157 Å². The van der Waals surface area contributed by atoms with Gasteiger partial charge in [0, 0.05) is 12.6 Å². The van der Waals surface area contributed by atoms with E-state index in [1.165, 1.54) is 12.1 Å². The Hall–Kier alpha value is -3.27. The molecule has 0 spiro atoms. The standard InChI is InChI=1S/C18H14F3N3O4/c19-18(20,21)10-22(9-12-5-2-1-3-6-12)11-23-16(25)13-7-4-8-14(24(27)28)15(13)17(23)26/h1-8H,9-11H2. The van der Waals surface area contributed by atoms with Crippen molar-refractivity contribution in [3.05, 3.63) is 75.3 Å². The third-order valence-corrected chi connectivity index (χ3v) is 4.17. The zero-order valence-corrected chi connectivity index (χ0v) is 14.3. The lowest BCUT2D eigenvalue weighted by Crippen LogP contribution is -2.44. The van der Waals surface area contributed by atoms with Gasteiger partial charge in [-0.25, -0.2) is 0 Å². The van der Waals surface area contributed by atoms with E-state index in [2.05, 4.69) is 0 Å². The number of amides is 2. The minimum Gasteiger partial charge on any atom is -0.272 e. The first-order valence-electron chi connectivity index (χ1n) is 8.14. The number of imide groups is 1. The molecule has 1 aliphatic rings. The van der Waals surface area contributed by atoms with Crippen LogP contribution in [0.5, 0.6) is 0 Å². The first kappa shape index (κ1) is 19.5. The number of nitrogens with zero attached hydrogens (tertiary/aromatic N) is 3. The largest absolute Gasteiger partial charge is 0.401 e. The average molecular weight is 393 g/mol. The average Bonchev–Trinajstić information content (AvgIpc) is 2.86. The Bertz CT molecular complexity index is 931. The van der Waals surface area contributed by atoms with Crippen LogP contribution in [0, 0.1) is 10.1 Å². The van der Waals surface area contributed by atoms with Gasteiger partial charge in [0.1, 0.15) is 5.56 Å². The van der Waals surface area contributed by atoms with E-state index in [1.807, 2.05) is 0 Å². The molecule has 1 aliphatic heterocycles. The zero-order valence-electron chi connectivity index (χ0n) is 14.3. The number of benzene rings is 2. The lowest BCUT2D eigenvalue weighted by Gasteiger charge is -2.27. The van der Waals surface area contributed by atoms with E-state index in [1.54, 1.807) is 30.3 Å². The molecule has 0 radical (unpaired) electrons. The van der Waals surface area contributed by atoms with Crippen LogP contribution in [0.3, 0.4) is 0 Å². The molecule has 0 aliphatic carbocycles. The van der Waals surface area contributed by atoms with Gasteiger partial charge in [-0.05, 0) is 11.6 Å². The lowest BCUT2D eigenvalue weighted by molar-refractivity contribution is -0.385. The van der Waals surface area contributed by atoms with Gasteiger partial charge in [-0.15, -0.1) is 0 Å². The van der Waals surface area contributed by atoms with E-state index < -0.39 is 47.4 Å². The molecular weight excluding hydrogens is 379 g/mol. The van der Waals surface area contributed by atoms with Crippen LogP contribution in [0.15, 0.2) is 48.5 Å². The van der Waals surface area contributed by atoms with Gasteiger partial charge < -0.3 is 0 Å². The molecule has 28 heavy (non-hydrogen) atoms. The number of alkyl halides is 3. The summed E-state index contributed by atoms with van der Waals surface area (Å²) in [5.41, 5.74) is -0.576. The molecule has 0 unspecified atom stereocenters. The van der Waals surface area contributed by atoms with Crippen LogP contribution >= 0.6 is 0 Å². The fourth-order valence-corrected chi connectivity index (χ4v) is 3.05. The number of rotatable bonds is 6. The normalized spacial score (nSPS) is 13.9. The minimum absolute atomic E-state index is 0.157. The Morgan fingerprint density at radius 1 is 1.00 bits per heavy atom. The Balaban J connectivity index is 1.88. The molecule has 146 valence electrons. The highest BCUT2D eigenvalue weighted by Crippen LogP contribution is 2.31. The molecule has 0 atom stereocenters. The fraction of sp³-hybridized carbons (Fsp3) is 0.222. The highest BCUT2D eigenvalue weighted by Gasteiger charge is 2.42. The van der Waals surface area contributed by atoms with Gasteiger partial charge in [-0.1, -0.05) is 36.4 Å². The van der Waals surface area contributed by atoms with Crippen molar-refractivity contribution in [2.75, 3.05) is 13.2 Å². The molecule has 10 heteroatoms. The van der Waals surface area contributed by atoms with Crippen molar-refractivity contribution in [2.24, 2.45) is 0 Å². The molecule has 0 aromatic heterocycles. The first-order valence-corrected chi connectivity index (χ1v) is 8.14. The van der Waals surface area contributed by atoms with Crippen molar-refractivity contribution in [1.29, 1.82) is 0 Å². The summed E-state index contributed by atoms with van der Waals surface area (Å²) in [5.74, 6) is -1.84. The van der Waals surface area contributed by atoms with Crippen molar-refractivity contribution in [3.63, 3.8) is 0 Å². The van der Waals surface area contributed by atoms with E-state index in [0.717, 1.165) is 11.0 Å². The third-order valence-electron chi connectivity index (χ3n) is 4.17. The number of carbonyl (C=O) groups is 2. The second kappa shape index (κ2) is 7.39. The quantitative estimate of drug-likeness (QED) is 0.428. The molecule has 1 heterocycles. The van der Waals surface area contributed by atoms with E-state index in [4.69, 9.17) is 0 Å². The minimum atomic E-state index is -4.56. The van der Waals surface area contributed by atoms with Crippen molar-refractivity contribution >= 4 is 17.5 Å². The van der Waals surface area contributed by atoms with Crippen molar-refractivity contribution < 1.29 is 27.7 Å². The number of nitro groups is 1. The monoisotopic (exact) mass is 393 g/mol. The molecule has 0 bridgehead atoms. The maximum atomic E-state index is 13.0. The molecule has 2 aromatic carbocycles. The van der Waals surface area contributed by atoms with E-state index >= 15 is 0 Å². The summed E-state index contributed by atoms with van der Waals surface area (Å²) < 4.78 is 39.0. The number of hydrogen-bond donors (Lipinski definition) is 0. The van der Waals surface area contributed by atoms with Crippen LogP contribution in [0.25, 0.3) is 0 Å². The van der Waals surface area contributed by atoms with Gasteiger partial charge in [-0.3, -0.25) is 29.5 Å². The van der Waals surface area contributed by atoms with Gasteiger partial charge in [0.05, 0.1) is 23.7 Å². The van der Waals surface area contributed by atoms with Crippen molar-refractivity contribution in [2.45, 2.75) is 12.7 Å². The number of fused-ring (bicyclic) bond motifs is 1. The van der Waals surface area contributed by atoms with E-state index in [-0.39, 0.29) is 12.1 Å². The van der Waals surface area contributed by atoms with Crippen molar-refractivity contribution in [1.82, 2.24) is 9.80 Å². The van der Waals surface area contributed by atoms with Gasteiger partial charge in [0.2, 0.25) is 0 Å². The lowest BCUT2D eigenvalue weighted by atomic mass is 10.1. The summed E-state index contributed by atoms with van der Waals surface area (Å²) in [6.45, 7) is -2.15. The topological polar surface area (TPSA) is 83.8 Å². The summed E-state index contributed by atoms with van der Waals surface area (Å²) in [4.78, 5) is 36.9. The summed E-state index contributed by atoms with van der Waals surface area (Å²) in [6.07, 6.45) is -4.56. The first-order chi connectivity index (χ1) is 13.2. The maximum absolute atomic E-state index is 13.0. The Kier molecular flexibility index (Phi) is 5.14.